The summed E-state index contributed by atoms with van der Waals surface area (Å²) in [5.41, 5.74) is 0.783. The molecule has 7 nitrogen and oxygen atoms in total. The highest BCUT2D eigenvalue weighted by molar-refractivity contribution is 5.66. The van der Waals surface area contributed by atoms with Gasteiger partial charge in [-0.3, -0.25) is 9.69 Å². The molecule has 7 aliphatic rings. The largest absolute Gasteiger partial charge is 0.504 e. The summed E-state index contributed by atoms with van der Waals surface area (Å²) in [5.74, 6) is 1.15. The average Bonchev–Trinajstić information content (AvgIpc) is 3.85. The molecule has 52 heavy (non-hydrogen) atoms. The van der Waals surface area contributed by atoms with Gasteiger partial charge in [0.2, 0.25) is 0 Å². The van der Waals surface area contributed by atoms with Crippen LogP contribution in [0.15, 0.2) is 12.1 Å². The number of aliphatic carboxylic acids is 1. The predicted octanol–water partition coefficient (Wildman–Crippen LogP) is 9.97. The monoisotopic (exact) mass is 724 g/mol. The van der Waals surface area contributed by atoms with E-state index in [1.54, 1.807) is 0 Å². The number of rotatable bonds is 18. The fraction of sp³-hybridized carbons (Fsp3) is 0.844. The van der Waals surface area contributed by atoms with E-state index in [4.69, 9.17) is 14.6 Å². The quantitative estimate of drug-likeness (QED) is 0.130. The molecule has 3 N–H and O–H groups in total. The number of nitrogens with zero attached hydrogens (tertiary/aromatic N) is 1. The molecule has 0 amide bonds. The van der Waals surface area contributed by atoms with Crippen molar-refractivity contribution >= 4 is 5.97 Å². The molecule has 4 saturated carbocycles. The summed E-state index contributed by atoms with van der Waals surface area (Å²) < 4.78 is 13.5. The molecule has 8 rings (SSSR count). The van der Waals surface area contributed by atoms with Crippen molar-refractivity contribution in [3.63, 3.8) is 0 Å². The van der Waals surface area contributed by atoms with Crippen LogP contribution in [-0.2, 0) is 21.4 Å². The number of carbonyl (C=O) groups is 1. The van der Waals surface area contributed by atoms with Crippen molar-refractivity contribution in [1.29, 1.82) is 0 Å². The Bertz CT molecular complexity index is 1380. The molecule has 2 heterocycles. The zero-order valence-corrected chi connectivity index (χ0v) is 33.7. The molecule has 0 radical (unpaired) electrons. The molecule has 0 unspecified atom stereocenters. The second-order valence-electron chi connectivity index (χ2n) is 19.2. The van der Waals surface area contributed by atoms with Crippen molar-refractivity contribution in [3.8, 4) is 11.5 Å². The van der Waals surface area contributed by atoms with E-state index in [1.165, 1.54) is 101 Å². The van der Waals surface area contributed by atoms with Gasteiger partial charge in [0.05, 0.1) is 5.60 Å². The van der Waals surface area contributed by atoms with Crippen molar-refractivity contribution in [1.82, 2.24) is 4.90 Å². The first-order chi connectivity index (χ1) is 24.8. The van der Waals surface area contributed by atoms with Gasteiger partial charge in [0.25, 0.3) is 0 Å². The molecule has 5 aliphatic carbocycles. The summed E-state index contributed by atoms with van der Waals surface area (Å²) >= 11 is 0. The maximum absolute atomic E-state index is 12.2. The number of piperidine rings is 1. The highest BCUT2D eigenvalue weighted by Gasteiger charge is 2.82. The molecule has 294 valence electrons. The van der Waals surface area contributed by atoms with E-state index in [1.807, 2.05) is 20.1 Å². The number of unbranched alkanes of at least 4 members (excludes halogenated alkanes) is 12. The van der Waals surface area contributed by atoms with E-state index in [2.05, 4.69) is 38.7 Å². The van der Waals surface area contributed by atoms with Crippen molar-refractivity contribution in [2.75, 3.05) is 20.2 Å². The van der Waals surface area contributed by atoms with Crippen LogP contribution in [0.3, 0.4) is 0 Å². The van der Waals surface area contributed by atoms with Crippen LogP contribution >= 0.6 is 0 Å². The summed E-state index contributed by atoms with van der Waals surface area (Å²) in [6.07, 6.45) is 24.9. The number of benzene rings is 1. The van der Waals surface area contributed by atoms with Gasteiger partial charge in [-0.25, -0.2) is 0 Å². The molecule has 1 aromatic carbocycles. The summed E-state index contributed by atoms with van der Waals surface area (Å²) in [6, 6.07) is 4.46. The third-order valence-electron chi connectivity index (χ3n) is 15.4. The number of carboxylic acids is 1. The minimum Gasteiger partial charge on any atom is -0.504 e. The fourth-order valence-corrected chi connectivity index (χ4v) is 11.9. The number of phenolic OH excluding ortho intramolecular Hbond substituents is 1. The lowest BCUT2D eigenvalue weighted by molar-refractivity contribution is -0.312. The lowest BCUT2D eigenvalue weighted by atomic mass is 9.33. The maximum atomic E-state index is 12.2. The number of likely N-dealkylation sites (tertiary alicyclic amines) is 1. The Morgan fingerprint density at radius 1 is 0.923 bits per heavy atom. The first-order valence-corrected chi connectivity index (χ1v) is 21.5. The average molecular weight is 724 g/mol. The fourth-order valence-electron chi connectivity index (χ4n) is 11.9. The van der Waals surface area contributed by atoms with Gasteiger partial charge in [0, 0.05) is 48.4 Å². The summed E-state index contributed by atoms with van der Waals surface area (Å²) in [5, 5.41) is 31.6. The number of aromatic hydroxyl groups is 1. The Labute approximate surface area is 315 Å². The highest BCUT2D eigenvalue weighted by atomic mass is 16.6. The van der Waals surface area contributed by atoms with Crippen molar-refractivity contribution < 1.29 is 29.6 Å². The van der Waals surface area contributed by atoms with Crippen molar-refractivity contribution in [3.05, 3.63) is 23.3 Å². The molecule has 1 aromatic rings. The van der Waals surface area contributed by atoms with Gasteiger partial charge >= 0.3 is 5.97 Å². The third kappa shape index (κ3) is 6.95. The minimum absolute atomic E-state index is 0.0294. The Morgan fingerprint density at radius 3 is 2.10 bits per heavy atom. The smallest absolute Gasteiger partial charge is 0.303 e. The minimum atomic E-state index is -0.909. The Hall–Kier alpha value is -1.83. The molecular formula is C45H73NO6. The Morgan fingerprint density at radius 2 is 1.54 bits per heavy atom. The Balaban J connectivity index is 0.000000222. The van der Waals surface area contributed by atoms with Gasteiger partial charge in [-0.2, -0.15) is 0 Å². The van der Waals surface area contributed by atoms with Crippen LogP contribution in [0.25, 0.3) is 0 Å². The first-order valence-electron chi connectivity index (χ1n) is 21.5. The van der Waals surface area contributed by atoms with Crippen LogP contribution in [0, 0.1) is 22.7 Å². The number of hydrogen-bond donors (Lipinski definition) is 3. The predicted molar refractivity (Wildman–Crippen MR) is 208 cm³/mol. The number of hydrogen-bond acceptors (Lipinski definition) is 6. The van der Waals surface area contributed by atoms with Crippen molar-refractivity contribution in [2.24, 2.45) is 22.7 Å². The van der Waals surface area contributed by atoms with Crippen LogP contribution in [-0.4, -0.2) is 69.7 Å². The van der Waals surface area contributed by atoms with Gasteiger partial charge in [-0.1, -0.05) is 111 Å². The van der Waals surface area contributed by atoms with E-state index in [-0.39, 0.29) is 34.0 Å². The maximum Gasteiger partial charge on any atom is 0.303 e. The molecule has 2 spiro atoms. The zero-order chi connectivity index (χ0) is 37.4. The van der Waals surface area contributed by atoms with E-state index in [0.717, 1.165) is 57.4 Å². The Kier molecular flexibility index (Phi) is 12.1. The number of ether oxygens (including phenoxy) is 2. The van der Waals surface area contributed by atoms with Crippen LogP contribution in [0.1, 0.15) is 174 Å². The number of methoxy groups -OCH3 is 1. The van der Waals surface area contributed by atoms with E-state index in [0.29, 0.717) is 18.2 Å². The number of fused-ring (bicyclic) bond motifs is 2. The lowest BCUT2D eigenvalue weighted by Gasteiger charge is -2.75. The molecule has 7 atom stereocenters. The molecule has 2 aliphatic heterocycles. The molecule has 4 bridgehead atoms. The number of carboxylic acid groups (broad SMARTS) is 1. The standard InChI is InChI=1S/C29H41NO4.C16H32O2/c1-25(2,3)26(4,32)20-15-27-10-11-29(20,33-5)24-28(27)12-13-30(16-17-6-7-17)21(27)14-18-8-9-19(31)23(34-24)22(18)28;1-2-3-4-5-6-7-8-9-10-11-12-13-14-15-16(17)18/h8-9,17,20-21,24,31-32H,6-7,10-16H2,1-5H3;2-15H2,1H3,(H,17,18)/t20-,21-,24-,26+,27-,28+,29+;/m1./s1. The number of phenols is 1. The molecule has 0 aromatic heterocycles. The topological polar surface area (TPSA) is 99.5 Å². The van der Waals surface area contributed by atoms with Gasteiger partial charge < -0.3 is 24.8 Å². The lowest BCUT2D eigenvalue weighted by Crippen LogP contribution is -2.83. The zero-order valence-electron chi connectivity index (χ0n) is 33.7. The second-order valence-corrected chi connectivity index (χ2v) is 19.2. The van der Waals surface area contributed by atoms with Gasteiger partial charge in [-0.15, -0.1) is 0 Å². The molecule has 5 fully saturated rings. The first kappa shape index (κ1) is 39.9. The van der Waals surface area contributed by atoms with Gasteiger partial charge in [-0.05, 0) is 87.8 Å². The molecular weight excluding hydrogens is 650 g/mol. The normalized spacial score (nSPS) is 32.4. The third-order valence-corrected chi connectivity index (χ3v) is 15.4. The molecule has 1 saturated heterocycles. The SMILES string of the molecule is CCCCCCCCCCCCCCCC(=O)O.CO[C@@]12CC[C@@]3(C[C@@H]1[C@](C)(O)C(C)(C)C)[C@H]1Cc4ccc(O)c5c4[C@@]3(CCN1CC1CC1)[C@H]2O5. The number of aliphatic hydroxyl groups is 1. The van der Waals surface area contributed by atoms with E-state index < -0.39 is 17.2 Å². The second kappa shape index (κ2) is 15.7. The van der Waals surface area contributed by atoms with Crippen LogP contribution in [0.5, 0.6) is 11.5 Å². The summed E-state index contributed by atoms with van der Waals surface area (Å²) in [7, 11) is 1.83. The molecule has 7 heteroatoms. The van der Waals surface area contributed by atoms with Gasteiger partial charge in [0.15, 0.2) is 11.5 Å². The van der Waals surface area contributed by atoms with Crippen molar-refractivity contribution in [2.45, 2.75) is 198 Å². The van der Waals surface area contributed by atoms with Crippen LogP contribution < -0.4 is 4.74 Å². The van der Waals surface area contributed by atoms with E-state index >= 15 is 0 Å². The van der Waals surface area contributed by atoms with Crippen LogP contribution in [0.4, 0.5) is 0 Å². The van der Waals surface area contributed by atoms with E-state index in [9.17, 15) is 15.0 Å². The van der Waals surface area contributed by atoms with Crippen LogP contribution in [0.2, 0.25) is 0 Å². The summed E-state index contributed by atoms with van der Waals surface area (Å²) in [4.78, 5) is 13.1. The van der Waals surface area contributed by atoms with Gasteiger partial charge in [0.1, 0.15) is 11.7 Å². The highest BCUT2D eigenvalue weighted by Crippen LogP contribution is 2.78. The summed E-state index contributed by atoms with van der Waals surface area (Å²) in [6.45, 7) is 13.1.